The number of benzene rings is 1. The van der Waals surface area contributed by atoms with Crippen molar-refractivity contribution in [1.82, 2.24) is 25.2 Å². The highest BCUT2D eigenvalue weighted by atomic mass is 35.5. The third-order valence-corrected chi connectivity index (χ3v) is 4.43. The summed E-state index contributed by atoms with van der Waals surface area (Å²) in [6, 6.07) is 5.81. The van der Waals surface area contributed by atoms with Crippen molar-refractivity contribution in [2.45, 2.75) is 39.0 Å². The van der Waals surface area contributed by atoms with Crippen molar-refractivity contribution in [2.24, 2.45) is 0 Å². The van der Waals surface area contributed by atoms with E-state index < -0.39 is 11.9 Å². The first kappa shape index (κ1) is 21.4. The molecular formula is C19H18ClFN6O3. The predicted molar refractivity (Wildman–Crippen MR) is 104 cm³/mol. The third kappa shape index (κ3) is 5.00. The number of carbonyl (C=O) groups is 1. The van der Waals surface area contributed by atoms with Crippen molar-refractivity contribution in [2.75, 3.05) is 0 Å². The molecule has 1 aromatic carbocycles. The van der Waals surface area contributed by atoms with Crippen LogP contribution in [-0.4, -0.2) is 37.0 Å². The van der Waals surface area contributed by atoms with Crippen LogP contribution >= 0.6 is 11.6 Å². The van der Waals surface area contributed by atoms with E-state index in [-0.39, 0.29) is 40.7 Å². The number of carbonyl (C=O) groups excluding carboxylic acids is 1. The minimum absolute atomic E-state index is 0.0162. The first-order valence-electron chi connectivity index (χ1n) is 8.99. The Morgan fingerprint density at radius 3 is 2.87 bits per heavy atom. The molecule has 1 amide bonds. The van der Waals surface area contributed by atoms with E-state index in [2.05, 4.69) is 20.6 Å². The van der Waals surface area contributed by atoms with Crippen LogP contribution in [0.5, 0.6) is 0 Å². The third-order valence-electron chi connectivity index (χ3n) is 4.13. The van der Waals surface area contributed by atoms with E-state index in [4.69, 9.17) is 21.4 Å². The molecule has 156 valence electrons. The Balaban J connectivity index is 1.60. The molecule has 2 heterocycles. The number of aliphatic hydroxyl groups excluding tert-OH is 1. The second kappa shape index (κ2) is 9.02. The molecule has 0 spiro atoms. The normalized spacial score (nSPS) is 12.9. The topological polar surface area (TPSA) is 130 Å². The molecule has 3 aromatic rings. The van der Waals surface area contributed by atoms with Crippen LogP contribution in [0.15, 0.2) is 28.9 Å². The number of hydrogen-bond donors (Lipinski definition) is 2. The molecule has 0 fully saturated rings. The lowest BCUT2D eigenvalue weighted by molar-refractivity contribution is -0.121. The fraction of sp³-hybridized carbons (Fsp3) is 0.316. The summed E-state index contributed by atoms with van der Waals surface area (Å²) < 4.78 is 20.5. The number of aromatic nitrogens is 4. The van der Waals surface area contributed by atoms with Gasteiger partial charge in [0, 0.05) is 17.8 Å². The Kier molecular flexibility index (Phi) is 6.44. The fourth-order valence-corrected chi connectivity index (χ4v) is 2.99. The van der Waals surface area contributed by atoms with E-state index >= 15 is 0 Å². The minimum Gasteiger partial charge on any atom is -0.385 e. The quantitative estimate of drug-likeness (QED) is 0.586. The lowest BCUT2D eigenvalue weighted by Gasteiger charge is -2.13. The van der Waals surface area contributed by atoms with Crippen LogP contribution in [0.2, 0.25) is 5.02 Å². The zero-order chi connectivity index (χ0) is 21.8. The van der Waals surface area contributed by atoms with Crippen molar-refractivity contribution in [1.29, 1.82) is 5.26 Å². The largest absolute Gasteiger partial charge is 0.385 e. The molecule has 0 aliphatic rings. The smallest absolute Gasteiger partial charge is 0.236 e. The van der Waals surface area contributed by atoms with Gasteiger partial charge in [-0.2, -0.15) is 15.3 Å². The van der Waals surface area contributed by atoms with Gasteiger partial charge in [-0.05, 0) is 32.0 Å². The fourth-order valence-electron chi connectivity index (χ4n) is 2.74. The van der Waals surface area contributed by atoms with Gasteiger partial charge in [0.15, 0.2) is 5.82 Å². The van der Waals surface area contributed by atoms with Gasteiger partial charge in [0.25, 0.3) is 0 Å². The Morgan fingerprint density at radius 1 is 1.47 bits per heavy atom. The van der Waals surface area contributed by atoms with E-state index in [1.807, 2.05) is 0 Å². The molecule has 2 aromatic heterocycles. The Morgan fingerprint density at radius 2 is 2.23 bits per heavy atom. The molecule has 2 atom stereocenters. The number of halogens is 2. The van der Waals surface area contributed by atoms with Crippen molar-refractivity contribution < 1.29 is 18.8 Å². The first-order valence-corrected chi connectivity index (χ1v) is 9.37. The van der Waals surface area contributed by atoms with E-state index in [9.17, 15) is 14.3 Å². The number of aliphatic hydroxyl groups is 1. The molecule has 0 saturated carbocycles. The molecule has 3 rings (SSSR count). The SMILES string of the molecule is C[C@H](O)c1noc(CC(=O)N[C@@H](C)Cn2ccc(-c3cc(F)c(C#N)c(Cl)c3)n2)n1. The average Bonchev–Trinajstić information content (AvgIpc) is 3.31. The lowest BCUT2D eigenvalue weighted by atomic mass is 10.1. The zero-order valence-corrected chi connectivity index (χ0v) is 16.9. The van der Waals surface area contributed by atoms with Crippen LogP contribution in [0.1, 0.15) is 37.2 Å². The average molecular weight is 433 g/mol. The molecule has 0 unspecified atom stereocenters. The van der Waals surface area contributed by atoms with Crippen LogP contribution in [0.3, 0.4) is 0 Å². The summed E-state index contributed by atoms with van der Waals surface area (Å²) in [5, 5.41) is 29.0. The van der Waals surface area contributed by atoms with Crippen LogP contribution < -0.4 is 5.32 Å². The summed E-state index contributed by atoms with van der Waals surface area (Å²) >= 11 is 5.94. The number of nitrogens with zero attached hydrogens (tertiary/aromatic N) is 5. The first-order chi connectivity index (χ1) is 14.3. The zero-order valence-electron chi connectivity index (χ0n) is 16.1. The van der Waals surface area contributed by atoms with Gasteiger partial charge in [-0.15, -0.1) is 0 Å². The maximum Gasteiger partial charge on any atom is 0.236 e. The van der Waals surface area contributed by atoms with Gasteiger partial charge in [0.05, 0.1) is 17.3 Å². The highest BCUT2D eigenvalue weighted by molar-refractivity contribution is 6.32. The molecule has 0 bridgehead atoms. The molecular weight excluding hydrogens is 415 g/mol. The number of amides is 1. The second-order valence-corrected chi connectivity index (χ2v) is 7.12. The molecule has 11 heteroatoms. The summed E-state index contributed by atoms with van der Waals surface area (Å²) in [6.45, 7) is 3.66. The van der Waals surface area contributed by atoms with Crippen molar-refractivity contribution >= 4 is 17.5 Å². The molecule has 0 aliphatic heterocycles. The van der Waals surface area contributed by atoms with Gasteiger partial charge in [0.1, 0.15) is 30.0 Å². The van der Waals surface area contributed by atoms with Gasteiger partial charge in [-0.1, -0.05) is 16.8 Å². The van der Waals surface area contributed by atoms with Gasteiger partial charge in [-0.25, -0.2) is 4.39 Å². The van der Waals surface area contributed by atoms with E-state index in [0.29, 0.717) is 17.8 Å². The van der Waals surface area contributed by atoms with Gasteiger partial charge in [-0.3, -0.25) is 9.48 Å². The summed E-state index contributed by atoms with van der Waals surface area (Å²) in [6.07, 6.45) is 0.699. The maximum atomic E-state index is 14.0. The van der Waals surface area contributed by atoms with Crippen molar-refractivity contribution in [3.05, 3.63) is 52.5 Å². The maximum absolute atomic E-state index is 14.0. The number of hydrogen-bond acceptors (Lipinski definition) is 7. The summed E-state index contributed by atoms with van der Waals surface area (Å²) in [7, 11) is 0. The number of rotatable bonds is 7. The molecule has 0 aliphatic carbocycles. The van der Waals surface area contributed by atoms with Crippen molar-refractivity contribution in [3.8, 4) is 17.3 Å². The molecule has 9 nitrogen and oxygen atoms in total. The summed E-state index contributed by atoms with van der Waals surface area (Å²) in [5.74, 6) is -0.808. The Labute approximate surface area is 176 Å². The van der Waals surface area contributed by atoms with Gasteiger partial charge < -0.3 is 14.9 Å². The Bertz CT molecular complexity index is 1080. The molecule has 0 saturated heterocycles. The standard InChI is InChI=1S/C19H18ClFN6O3/c1-10(23-17(29)7-18-24-19(11(2)28)26-30-18)9-27-4-3-16(25-27)12-5-14(20)13(8-22)15(21)6-12/h3-6,10-11,28H,7,9H2,1-2H3,(H,23,29)/t10-,11-/m0/s1. The Hall–Kier alpha value is -3.29. The monoisotopic (exact) mass is 432 g/mol. The van der Waals surface area contributed by atoms with E-state index in [1.165, 1.54) is 19.1 Å². The van der Waals surface area contributed by atoms with Crippen LogP contribution in [0, 0.1) is 17.1 Å². The van der Waals surface area contributed by atoms with Crippen molar-refractivity contribution in [3.63, 3.8) is 0 Å². The molecule has 0 radical (unpaired) electrons. The van der Waals surface area contributed by atoms with Crippen LogP contribution in [0.25, 0.3) is 11.3 Å². The predicted octanol–water partition coefficient (Wildman–Crippen LogP) is 2.40. The number of nitrogens with one attached hydrogen (secondary N) is 1. The summed E-state index contributed by atoms with van der Waals surface area (Å²) in [5.41, 5.74) is 0.713. The van der Waals surface area contributed by atoms with E-state index in [0.717, 1.165) is 0 Å². The lowest BCUT2D eigenvalue weighted by Crippen LogP contribution is -2.36. The van der Waals surface area contributed by atoms with Gasteiger partial charge in [0.2, 0.25) is 11.8 Å². The number of nitriles is 1. The minimum atomic E-state index is -0.877. The molecule has 30 heavy (non-hydrogen) atoms. The van der Waals surface area contributed by atoms with Crippen LogP contribution in [0.4, 0.5) is 4.39 Å². The second-order valence-electron chi connectivity index (χ2n) is 6.72. The molecule has 2 N–H and O–H groups in total. The van der Waals surface area contributed by atoms with Crippen LogP contribution in [-0.2, 0) is 17.8 Å². The van der Waals surface area contributed by atoms with E-state index in [1.54, 1.807) is 29.9 Å². The highest BCUT2D eigenvalue weighted by Crippen LogP contribution is 2.26. The van der Waals surface area contributed by atoms with Gasteiger partial charge >= 0.3 is 0 Å². The highest BCUT2D eigenvalue weighted by Gasteiger charge is 2.16. The summed E-state index contributed by atoms with van der Waals surface area (Å²) in [4.78, 5) is 16.1.